The number of benzene rings is 1. The number of amides is 1. The maximum absolute atomic E-state index is 12.2. The summed E-state index contributed by atoms with van der Waals surface area (Å²) in [6.07, 6.45) is 3.27. The lowest BCUT2D eigenvalue weighted by Crippen LogP contribution is -2.40. The summed E-state index contributed by atoms with van der Waals surface area (Å²) in [5.74, 6) is 1.24. The summed E-state index contributed by atoms with van der Waals surface area (Å²) in [5.41, 5.74) is 6.46. The Morgan fingerprint density at radius 3 is 2.32 bits per heavy atom. The first-order valence-electron chi connectivity index (χ1n) is 7.35. The maximum atomic E-state index is 12.2. The third-order valence-corrected chi connectivity index (χ3v) is 3.42. The van der Waals surface area contributed by atoms with E-state index in [2.05, 4.69) is 12.2 Å². The van der Waals surface area contributed by atoms with Crippen molar-refractivity contribution in [2.24, 2.45) is 5.73 Å². The van der Waals surface area contributed by atoms with Gasteiger partial charge in [-0.05, 0) is 18.6 Å². The zero-order valence-corrected chi connectivity index (χ0v) is 14.4. The molecule has 0 fully saturated rings. The van der Waals surface area contributed by atoms with Crippen molar-refractivity contribution in [1.29, 1.82) is 0 Å². The summed E-state index contributed by atoms with van der Waals surface area (Å²) >= 11 is 0. The molecule has 0 saturated carbocycles. The van der Waals surface area contributed by atoms with E-state index in [-0.39, 0.29) is 30.8 Å². The molecule has 0 aliphatic rings. The van der Waals surface area contributed by atoms with E-state index in [0.29, 0.717) is 18.0 Å². The Kier molecular flexibility index (Phi) is 10.4. The summed E-state index contributed by atoms with van der Waals surface area (Å²) in [6.45, 7) is 2.57. The Hall–Kier alpha value is -1.46. The number of hydrogen-bond donors (Lipinski definition) is 2. The summed E-state index contributed by atoms with van der Waals surface area (Å²) in [6, 6.07) is 5.51. The molecule has 1 aromatic rings. The average Bonchev–Trinajstić information content (AvgIpc) is 2.51. The molecule has 0 aliphatic carbocycles. The van der Waals surface area contributed by atoms with Gasteiger partial charge in [0.1, 0.15) is 11.5 Å². The van der Waals surface area contributed by atoms with Gasteiger partial charge in [-0.25, -0.2) is 0 Å². The zero-order valence-electron chi connectivity index (χ0n) is 13.6. The normalized spacial score (nSPS) is 11.3. The lowest BCUT2D eigenvalue weighted by atomic mass is 10.1. The lowest BCUT2D eigenvalue weighted by molar-refractivity contribution is -0.121. The molecule has 1 atom stereocenters. The van der Waals surface area contributed by atoms with Crippen LogP contribution in [0.15, 0.2) is 18.2 Å². The summed E-state index contributed by atoms with van der Waals surface area (Å²) in [5, 5.41) is 2.98. The fraction of sp³-hybridized carbons (Fsp3) is 0.562. The van der Waals surface area contributed by atoms with Gasteiger partial charge in [-0.1, -0.05) is 25.8 Å². The second kappa shape index (κ2) is 11.2. The highest BCUT2D eigenvalue weighted by molar-refractivity contribution is 5.85. The second-order valence-electron chi connectivity index (χ2n) is 4.96. The van der Waals surface area contributed by atoms with Crippen LogP contribution < -0.4 is 20.5 Å². The molecule has 5 nitrogen and oxygen atoms in total. The van der Waals surface area contributed by atoms with E-state index >= 15 is 0 Å². The van der Waals surface area contributed by atoms with Crippen LogP contribution in [-0.2, 0) is 11.2 Å². The van der Waals surface area contributed by atoms with Gasteiger partial charge < -0.3 is 20.5 Å². The molecule has 0 spiro atoms. The van der Waals surface area contributed by atoms with Crippen LogP contribution in [0.3, 0.4) is 0 Å². The highest BCUT2D eigenvalue weighted by Gasteiger charge is 2.16. The molecule has 3 N–H and O–H groups in total. The topological polar surface area (TPSA) is 73.6 Å². The van der Waals surface area contributed by atoms with Gasteiger partial charge in [-0.15, -0.1) is 12.4 Å². The number of methoxy groups -OCH3 is 2. The van der Waals surface area contributed by atoms with Crippen molar-refractivity contribution < 1.29 is 14.3 Å². The van der Waals surface area contributed by atoms with Crippen molar-refractivity contribution in [3.05, 3.63) is 23.8 Å². The number of unbranched alkanes of at least 4 members (excludes halogenated alkanes) is 1. The van der Waals surface area contributed by atoms with Crippen LogP contribution in [0.4, 0.5) is 0 Å². The van der Waals surface area contributed by atoms with E-state index in [1.807, 2.05) is 18.2 Å². The van der Waals surface area contributed by atoms with Gasteiger partial charge in [-0.2, -0.15) is 0 Å². The quantitative estimate of drug-likeness (QED) is 0.728. The molecule has 1 unspecified atom stereocenters. The van der Waals surface area contributed by atoms with Gasteiger partial charge in [0.2, 0.25) is 5.91 Å². The minimum atomic E-state index is -0.0654. The number of carbonyl (C=O) groups is 1. The Bertz CT molecular complexity index is 433. The van der Waals surface area contributed by atoms with Gasteiger partial charge in [0.25, 0.3) is 0 Å². The summed E-state index contributed by atoms with van der Waals surface area (Å²) in [4.78, 5) is 12.2. The van der Waals surface area contributed by atoms with Crippen molar-refractivity contribution in [2.45, 2.75) is 38.6 Å². The number of carbonyl (C=O) groups excluding carboxylic acids is 1. The smallest absolute Gasteiger partial charge is 0.224 e. The number of nitrogens with one attached hydrogen (secondary N) is 1. The highest BCUT2D eigenvalue weighted by Crippen LogP contribution is 2.28. The van der Waals surface area contributed by atoms with Crippen LogP contribution in [0.25, 0.3) is 0 Å². The van der Waals surface area contributed by atoms with Crippen LogP contribution in [0.2, 0.25) is 0 Å². The molecule has 6 heteroatoms. The molecule has 0 bridgehead atoms. The number of nitrogens with two attached hydrogens (primary N) is 1. The molecule has 0 radical (unpaired) electrons. The molecule has 0 aliphatic heterocycles. The minimum Gasteiger partial charge on any atom is -0.496 e. The molecule has 22 heavy (non-hydrogen) atoms. The zero-order chi connectivity index (χ0) is 15.7. The third kappa shape index (κ3) is 6.12. The molecular weight excluding hydrogens is 304 g/mol. The fourth-order valence-electron chi connectivity index (χ4n) is 2.24. The lowest BCUT2D eigenvalue weighted by Gasteiger charge is -2.18. The van der Waals surface area contributed by atoms with Crippen molar-refractivity contribution in [3.63, 3.8) is 0 Å². The van der Waals surface area contributed by atoms with Crippen LogP contribution in [0, 0.1) is 0 Å². The predicted octanol–water partition coefficient (Wildman–Crippen LogP) is 2.30. The monoisotopic (exact) mass is 330 g/mol. The molecule has 0 aromatic heterocycles. The standard InChI is InChI=1S/C16H26N2O3.ClH/c1-4-5-7-12(11-17)18-16(19)10-13-14(20-2)8-6-9-15(13)21-3;/h6,8-9,12H,4-5,7,10-11,17H2,1-3H3,(H,18,19);1H. The molecule has 1 amide bonds. The van der Waals surface area contributed by atoms with Crippen molar-refractivity contribution in [1.82, 2.24) is 5.32 Å². The van der Waals surface area contributed by atoms with E-state index in [1.165, 1.54) is 0 Å². The summed E-state index contributed by atoms with van der Waals surface area (Å²) < 4.78 is 10.6. The average molecular weight is 331 g/mol. The van der Waals surface area contributed by atoms with Crippen molar-refractivity contribution in [2.75, 3.05) is 20.8 Å². The third-order valence-electron chi connectivity index (χ3n) is 3.42. The number of hydrogen-bond acceptors (Lipinski definition) is 4. The van der Waals surface area contributed by atoms with Crippen molar-refractivity contribution >= 4 is 18.3 Å². The largest absolute Gasteiger partial charge is 0.496 e. The van der Waals surface area contributed by atoms with E-state index in [9.17, 15) is 4.79 Å². The van der Waals surface area contributed by atoms with E-state index in [0.717, 1.165) is 24.8 Å². The van der Waals surface area contributed by atoms with Crippen LogP contribution >= 0.6 is 12.4 Å². The van der Waals surface area contributed by atoms with Crippen molar-refractivity contribution in [3.8, 4) is 11.5 Å². The second-order valence-corrected chi connectivity index (χ2v) is 4.96. The SMILES string of the molecule is CCCCC(CN)NC(=O)Cc1c(OC)cccc1OC.Cl. The first kappa shape index (κ1) is 20.5. The van der Waals surface area contributed by atoms with Crippen LogP contribution in [-0.4, -0.2) is 32.7 Å². The van der Waals surface area contributed by atoms with Gasteiger partial charge in [0.15, 0.2) is 0 Å². The van der Waals surface area contributed by atoms with E-state index in [1.54, 1.807) is 14.2 Å². The van der Waals surface area contributed by atoms with E-state index in [4.69, 9.17) is 15.2 Å². The van der Waals surface area contributed by atoms with E-state index < -0.39 is 0 Å². The maximum Gasteiger partial charge on any atom is 0.224 e. The Labute approximate surface area is 139 Å². The van der Waals surface area contributed by atoms with Crippen LogP contribution in [0.5, 0.6) is 11.5 Å². The molecule has 1 aromatic carbocycles. The van der Waals surface area contributed by atoms with Gasteiger partial charge >= 0.3 is 0 Å². The van der Waals surface area contributed by atoms with Crippen LogP contribution in [0.1, 0.15) is 31.7 Å². The van der Waals surface area contributed by atoms with Gasteiger partial charge in [0.05, 0.1) is 20.6 Å². The first-order chi connectivity index (χ1) is 10.2. The van der Waals surface area contributed by atoms with Gasteiger partial charge in [0, 0.05) is 18.2 Å². The predicted molar refractivity (Wildman–Crippen MR) is 91.0 cm³/mol. The summed E-state index contributed by atoms with van der Waals surface area (Å²) in [7, 11) is 3.17. The molecule has 0 saturated heterocycles. The Balaban J connectivity index is 0.00000441. The molecule has 0 heterocycles. The molecule has 1 rings (SSSR count). The number of ether oxygens (including phenoxy) is 2. The number of halogens is 1. The number of rotatable bonds is 9. The Morgan fingerprint density at radius 2 is 1.86 bits per heavy atom. The van der Waals surface area contributed by atoms with Gasteiger partial charge in [-0.3, -0.25) is 4.79 Å². The Morgan fingerprint density at radius 1 is 1.27 bits per heavy atom. The molecular formula is C16H27ClN2O3. The fourth-order valence-corrected chi connectivity index (χ4v) is 2.24. The minimum absolute atomic E-state index is 0. The highest BCUT2D eigenvalue weighted by atomic mass is 35.5. The first-order valence-corrected chi connectivity index (χ1v) is 7.35. The molecule has 126 valence electrons.